The van der Waals surface area contributed by atoms with Gasteiger partial charge in [0.25, 0.3) is 5.91 Å². The molecule has 2 N–H and O–H groups in total. The van der Waals surface area contributed by atoms with Crippen molar-refractivity contribution in [2.24, 2.45) is 0 Å². The molecule has 3 nitrogen and oxygen atoms in total. The summed E-state index contributed by atoms with van der Waals surface area (Å²) < 4.78 is 0. The molecule has 14 heavy (non-hydrogen) atoms. The highest BCUT2D eigenvalue weighted by molar-refractivity contribution is 6.19. The number of amides is 1. The Morgan fingerprint density at radius 3 is 2.79 bits per heavy atom. The number of carbonyl (C=O) groups is 1. The Labute approximate surface area is 87.4 Å². The van der Waals surface area contributed by atoms with Gasteiger partial charge in [0.2, 0.25) is 0 Å². The zero-order valence-corrected chi connectivity index (χ0v) is 8.56. The Balaban J connectivity index is 2.43. The van der Waals surface area contributed by atoms with E-state index in [1.165, 1.54) is 0 Å². The van der Waals surface area contributed by atoms with Crippen molar-refractivity contribution in [2.45, 2.75) is 12.6 Å². The standard InChI is InChI=1S/C10H11ClN2O/c1-10(6-11)12-8-5-3-2-4-7(8)9(14)13-10/h2-5,12H,6H2,1H3,(H,13,14). The topological polar surface area (TPSA) is 41.1 Å². The maximum Gasteiger partial charge on any atom is 0.255 e. The van der Waals surface area contributed by atoms with E-state index in [2.05, 4.69) is 10.6 Å². The molecule has 4 heteroatoms. The summed E-state index contributed by atoms with van der Waals surface area (Å²) in [5.41, 5.74) is 0.946. The van der Waals surface area contributed by atoms with Gasteiger partial charge in [0.05, 0.1) is 11.4 Å². The first-order chi connectivity index (χ1) is 6.64. The van der Waals surface area contributed by atoms with E-state index in [0.29, 0.717) is 11.4 Å². The van der Waals surface area contributed by atoms with E-state index in [9.17, 15) is 4.79 Å². The van der Waals surface area contributed by atoms with E-state index in [0.717, 1.165) is 5.69 Å². The number of halogens is 1. The number of rotatable bonds is 1. The summed E-state index contributed by atoms with van der Waals surface area (Å²) in [6.07, 6.45) is 0. The summed E-state index contributed by atoms with van der Waals surface area (Å²) in [5, 5.41) is 6.01. The number of anilines is 1. The molecule has 1 atom stereocenters. The van der Waals surface area contributed by atoms with Crippen LogP contribution in [-0.4, -0.2) is 17.5 Å². The Kier molecular flexibility index (Phi) is 2.11. The van der Waals surface area contributed by atoms with Gasteiger partial charge in [-0.1, -0.05) is 12.1 Å². The van der Waals surface area contributed by atoms with Crippen LogP contribution in [0.15, 0.2) is 24.3 Å². The van der Waals surface area contributed by atoms with Crippen LogP contribution in [0.1, 0.15) is 17.3 Å². The molecular formula is C10H11ClN2O. The molecule has 0 aliphatic carbocycles. The van der Waals surface area contributed by atoms with Crippen molar-refractivity contribution in [3.8, 4) is 0 Å². The predicted molar refractivity (Wildman–Crippen MR) is 56.7 cm³/mol. The second-order valence-electron chi connectivity index (χ2n) is 3.59. The fraction of sp³-hybridized carbons (Fsp3) is 0.300. The van der Waals surface area contributed by atoms with Crippen LogP contribution in [0.3, 0.4) is 0 Å². The first-order valence-corrected chi connectivity index (χ1v) is 4.94. The van der Waals surface area contributed by atoms with Crippen molar-refractivity contribution >= 4 is 23.2 Å². The van der Waals surface area contributed by atoms with E-state index >= 15 is 0 Å². The van der Waals surface area contributed by atoms with Gasteiger partial charge in [0.1, 0.15) is 5.66 Å². The molecule has 1 unspecified atom stereocenters. The smallest absolute Gasteiger partial charge is 0.255 e. The van der Waals surface area contributed by atoms with Gasteiger partial charge in [-0.05, 0) is 19.1 Å². The van der Waals surface area contributed by atoms with Crippen LogP contribution in [0, 0.1) is 0 Å². The number of hydrogen-bond donors (Lipinski definition) is 2. The fourth-order valence-corrected chi connectivity index (χ4v) is 1.64. The SMILES string of the molecule is CC1(CCl)NC(=O)c2ccccc2N1. The molecular weight excluding hydrogens is 200 g/mol. The van der Waals surface area contributed by atoms with Crippen molar-refractivity contribution in [2.75, 3.05) is 11.2 Å². The van der Waals surface area contributed by atoms with Gasteiger partial charge in [0, 0.05) is 5.69 Å². The number of benzene rings is 1. The zero-order chi connectivity index (χ0) is 10.2. The molecule has 1 aliphatic heterocycles. The van der Waals surface area contributed by atoms with Gasteiger partial charge in [-0.3, -0.25) is 4.79 Å². The molecule has 1 aromatic rings. The second kappa shape index (κ2) is 3.17. The van der Waals surface area contributed by atoms with Gasteiger partial charge in [0.15, 0.2) is 0 Å². The van der Waals surface area contributed by atoms with Crippen LogP contribution < -0.4 is 10.6 Å². The molecule has 1 aromatic carbocycles. The number of para-hydroxylation sites is 1. The first-order valence-electron chi connectivity index (χ1n) is 4.40. The molecule has 0 aromatic heterocycles. The number of alkyl halides is 1. The zero-order valence-electron chi connectivity index (χ0n) is 7.80. The largest absolute Gasteiger partial charge is 0.361 e. The normalized spacial score (nSPS) is 24.9. The minimum Gasteiger partial charge on any atom is -0.361 e. The average molecular weight is 211 g/mol. The number of hydrogen-bond acceptors (Lipinski definition) is 2. The molecule has 0 bridgehead atoms. The third kappa shape index (κ3) is 1.44. The van der Waals surface area contributed by atoms with E-state index in [-0.39, 0.29) is 5.91 Å². The molecule has 1 amide bonds. The highest BCUT2D eigenvalue weighted by Crippen LogP contribution is 2.24. The first kappa shape index (κ1) is 9.34. The van der Waals surface area contributed by atoms with Gasteiger partial charge >= 0.3 is 0 Å². The predicted octanol–water partition coefficient (Wildman–Crippen LogP) is 1.80. The van der Waals surface area contributed by atoms with Gasteiger partial charge < -0.3 is 10.6 Å². The van der Waals surface area contributed by atoms with E-state index in [1.807, 2.05) is 25.1 Å². The highest BCUT2D eigenvalue weighted by Gasteiger charge is 2.31. The molecule has 0 spiro atoms. The van der Waals surface area contributed by atoms with E-state index in [1.54, 1.807) is 6.07 Å². The summed E-state index contributed by atoms with van der Waals surface area (Å²) in [6.45, 7) is 1.86. The van der Waals surface area contributed by atoms with Crippen LogP contribution in [0.2, 0.25) is 0 Å². The number of fused-ring (bicyclic) bond motifs is 1. The maximum atomic E-state index is 11.7. The Hall–Kier alpha value is -1.22. The van der Waals surface area contributed by atoms with Crippen molar-refractivity contribution < 1.29 is 4.79 Å². The molecule has 1 heterocycles. The van der Waals surface area contributed by atoms with Gasteiger partial charge in [-0.2, -0.15) is 0 Å². The summed E-state index contributed by atoms with van der Waals surface area (Å²) in [6, 6.07) is 7.38. The lowest BCUT2D eigenvalue weighted by Gasteiger charge is -2.35. The lowest BCUT2D eigenvalue weighted by Crippen LogP contribution is -2.56. The van der Waals surface area contributed by atoms with Crippen LogP contribution >= 0.6 is 11.6 Å². The van der Waals surface area contributed by atoms with Crippen molar-refractivity contribution in [3.63, 3.8) is 0 Å². The number of carbonyl (C=O) groups excluding carboxylic acids is 1. The molecule has 0 saturated heterocycles. The van der Waals surface area contributed by atoms with Crippen LogP contribution in [-0.2, 0) is 0 Å². The molecule has 0 saturated carbocycles. The molecule has 1 aliphatic rings. The van der Waals surface area contributed by atoms with Crippen LogP contribution in [0.4, 0.5) is 5.69 Å². The summed E-state index contributed by atoms with van der Waals surface area (Å²) in [7, 11) is 0. The van der Waals surface area contributed by atoms with Crippen molar-refractivity contribution in [1.82, 2.24) is 5.32 Å². The van der Waals surface area contributed by atoms with Gasteiger partial charge in [-0.15, -0.1) is 11.6 Å². The lowest BCUT2D eigenvalue weighted by atomic mass is 10.1. The Bertz CT molecular complexity index is 380. The Morgan fingerprint density at radius 1 is 1.36 bits per heavy atom. The quantitative estimate of drug-likeness (QED) is 0.694. The third-order valence-electron chi connectivity index (χ3n) is 2.24. The summed E-state index contributed by atoms with van der Waals surface area (Å²) in [4.78, 5) is 11.7. The fourth-order valence-electron chi connectivity index (χ4n) is 1.50. The van der Waals surface area contributed by atoms with Crippen LogP contribution in [0.5, 0.6) is 0 Å². The van der Waals surface area contributed by atoms with Crippen molar-refractivity contribution in [1.29, 1.82) is 0 Å². The molecule has 0 radical (unpaired) electrons. The maximum absolute atomic E-state index is 11.7. The average Bonchev–Trinajstić information content (AvgIpc) is 2.18. The van der Waals surface area contributed by atoms with Gasteiger partial charge in [-0.25, -0.2) is 0 Å². The molecule has 0 fully saturated rings. The Morgan fingerprint density at radius 2 is 2.07 bits per heavy atom. The van der Waals surface area contributed by atoms with Crippen LogP contribution in [0.25, 0.3) is 0 Å². The molecule has 74 valence electrons. The summed E-state index contributed by atoms with van der Waals surface area (Å²) >= 11 is 5.78. The highest BCUT2D eigenvalue weighted by atomic mass is 35.5. The summed E-state index contributed by atoms with van der Waals surface area (Å²) in [5.74, 6) is 0.245. The third-order valence-corrected chi connectivity index (χ3v) is 2.77. The minimum atomic E-state index is -0.549. The lowest BCUT2D eigenvalue weighted by molar-refractivity contribution is 0.0915. The monoisotopic (exact) mass is 210 g/mol. The molecule has 2 rings (SSSR count). The van der Waals surface area contributed by atoms with E-state index < -0.39 is 5.66 Å². The minimum absolute atomic E-state index is 0.0810. The van der Waals surface area contributed by atoms with E-state index in [4.69, 9.17) is 11.6 Å². The number of nitrogens with one attached hydrogen (secondary N) is 2. The second-order valence-corrected chi connectivity index (χ2v) is 3.86. The van der Waals surface area contributed by atoms with Crippen molar-refractivity contribution in [3.05, 3.63) is 29.8 Å².